The Kier molecular flexibility index (Phi) is 4.21. The quantitative estimate of drug-likeness (QED) is 0.664. The predicted molar refractivity (Wildman–Crippen MR) is 97.5 cm³/mol. The fourth-order valence-corrected chi connectivity index (χ4v) is 3.53. The second-order valence-corrected chi connectivity index (χ2v) is 6.82. The Morgan fingerprint density at radius 1 is 1.14 bits per heavy atom. The topological polar surface area (TPSA) is 51.0 Å². The van der Waals surface area contributed by atoms with Crippen LogP contribution < -0.4 is 4.90 Å². The van der Waals surface area contributed by atoms with Crippen LogP contribution in [0.3, 0.4) is 0 Å². The van der Waals surface area contributed by atoms with E-state index in [1.165, 1.54) is 16.9 Å². The second kappa shape index (κ2) is 6.47. The van der Waals surface area contributed by atoms with Gasteiger partial charge in [-0.05, 0) is 44.0 Å². The number of hydrogen-bond acceptors (Lipinski definition) is 3. The number of carbonyl (C=O) groups excluding carboxylic acids is 1. The first-order valence-corrected chi connectivity index (χ1v) is 8.77. The zero-order chi connectivity index (χ0) is 20.1. The van der Waals surface area contributed by atoms with Gasteiger partial charge in [-0.3, -0.25) is 4.79 Å². The van der Waals surface area contributed by atoms with E-state index in [2.05, 4.69) is 10.1 Å². The molecule has 0 N–H and O–H groups in total. The van der Waals surface area contributed by atoms with E-state index in [1.807, 2.05) is 31.2 Å². The molecule has 1 aliphatic heterocycles. The average molecular weight is 386 g/mol. The fraction of sp³-hybridized carbons (Fsp3) is 0.250. The zero-order valence-electron chi connectivity index (χ0n) is 15.2. The third-order valence-corrected chi connectivity index (χ3v) is 4.96. The predicted octanol–water partition coefficient (Wildman–Crippen LogP) is 4.19. The highest BCUT2D eigenvalue weighted by atomic mass is 19.4. The highest BCUT2D eigenvalue weighted by Crippen LogP contribution is 2.34. The number of hydrogen-bond donors (Lipinski definition) is 0. The van der Waals surface area contributed by atoms with E-state index >= 15 is 0 Å². The van der Waals surface area contributed by atoms with E-state index in [4.69, 9.17) is 0 Å². The minimum Gasteiger partial charge on any atom is -0.305 e. The van der Waals surface area contributed by atoms with Gasteiger partial charge in [0, 0.05) is 17.9 Å². The van der Waals surface area contributed by atoms with Crippen LogP contribution in [0, 0.1) is 6.92 Å². The first-order valence-electron chi connectivity index (χ1n) is 8.77. The molecule has 4 rings (SSSR count). The Labute approximate surface area is 159 Å². The third kappa shape index (κ3) is 2.94. The lowest BCUT2D eigenvalue weighted by Crippen LogP contribution is -2.36. The van der Waals surface area contributed by atoms with Crippen molar-refractivity contribution in [3.63, 3.8) is 0 Å². The van der Waals surface area contributed by atoms with Crippen molar-refractivity contribution < 1.29 is 18.0 Å². The summed E-state index contributed by atoms with van der Waals surface area (Å²) in [6.07, 6.45) is -1.48. The van der Waals surface area contributed by atoms with E-state index in [1.54, 1.807) is 11.8 Å². The molecule has 1 amide bonds. The first kappa shape index (κ1) is 18.2. The van der Waals surface area contributed by atoms with Gasteiger partial charge in [0.2, 0.25) is 0 Å². The molecular weight excluding hydrogens is 369 g/mol. The number of benzene rings is 1. The molecule has 2 aromatic heterocycles. The molecule has 8 heteroatoms. The number of amides is 1. The molecule has 0 bridgehead atoms. The standard InChI is InChI=1S/C20H17F3N4O/c1-12-9-14-5-3-4-6-17(14)26(12)19(28)16-11-25-27(13(16)2)18-8-7-15(10-24-18)20(21,22)23/h3-8,10-12H,9H2,1-2H3/t12-/m0/s1. The van der Waals surface area contributed by atoms with Crippen LogP contribution in [0.4, 0.5) is 18.9 Å². The summed E-state index contributed by atoms with van der Waals surface area (Å²) < 4.78 is 39.6. The van der Waals surface area contributed by atoms with Crippen molar-refractivity contribution in [2.45, 2.75) is 32.5 Å². The van der Waals surface area contributed by atoms with Gasteiger partial charge in [-0.1, -0.05) is 18.2 Å². The number of pyridine rings is 1. The van der Waals surface area contributed by atoms with Crippen molar-refractivity contribution >= 4 is 11.6 Å². The van der Waals surface area contributed by atoms with Crippen LogP contribution in [-0.2, 0) is 12.6 Å². The van der Waals surface area contributed by atoms with Gasteiger partial charge >= 0.3 is 6.18 Å². The van der Waals surface area contributed by atoms with Crippen LogP contribution in [0.25, 0.3) is 5.82 Å². The molecule has 0 fully saturated rings. The van der Waals surface area contributed by atoms with Crippen molar-refractivity contribution in [2.75, 3.05) is 4.90 Å². The Balaban J connectivity index is 1.67. The fourth-order valence-electron chi connectivity index (χ4n) is 3.53. The molecule has 1 atom stereocenters. The molecule has 0 spiro atoms. The summed E-state index contributed by atoms with van der Waals surface area (Å²) in [7, 11) is 0. The summed E-state index contributed by atoms with van der Waals surface area (Å²) in [4.78, 5) is 18.8. The average Bonchev–Trinajstić information content (AvgIpc) is 3.20. The molecule has 5 nitrogen and oxygen atoms in total. The number of halogens is 3. The number of alkyl halides is 3. The molecule has 3 heterocycles. The highest BCUT2D eigenvalue weighted by Gasteiger charge is 2.33. The summed E-state index contributed by atoms with van der Waals surface area (Å²) in [5, 5.41) is 4.18. The summed E-state index contributed by atoms with van der Waals surface area (Å²) in [5.41, 5.74) is 2.07. The lowest BCUT2D eigenvalue weighted by atomic mass is 10.1. The lowest BCUT2D eigenvalue weighted by Gasteiger charge is -2.22. The molecule has 0 radical (unpaired) electrons. The summed E-state index contributed by atoms with van der Waals surface area (Å²) in [5.74, 6) is 0.0348. The maximum absolute atomic E-state index is 13.2. The smallest absolute Gasteiger partial charge is 0.305 e. The van der Waals surface area contributed by atoms with E-state index < -0.39 is 11.7 Å². The van der Waals surface area contributed by atoms with E-state index in [-0.39, 0.29) is 17.8 Å². The van der Waals surface area contributed by atoms with Crippen molar-refractivity contribution in [2.24, 2.45) is 0 Å². The number of carbonyl (C=O) groups is 1. The Morgan fingerprint density at radius 2 is 1.89 bits per heavy atom. The van der Waals surface area contributed by atoms with E-state index in [9.17, 15) is 18.0 Å². The van der Waals surface area contributed by atoms with Crippen LogP contribution in [0.15, 0.2) is 48.8 Å². The van der Waals surface area contributed by atoms with Crippen LogP contribution in [0.5, 0.6) is 0 Å². The van der Waals surface area contributed by atoms with Crippen LogP contribution in [0.2, 0.25) is 0 Å². The minimum absolute atomic E-state index is 0.0110. The van der Waals surface area contributed by atoms with Gasteiger partial charge in [0.1, 0.15) is 0 Å². The monoisotopic (exact) mass is 386 g/mol. The number of nitrogens with zero attached hydrogens (tertiary/aromatic N) is 4. The minimum atomic E-state index is -4.45. The third-order valence-electron chi connectivity index (χ3n) is 4.96. The van der Waals surface area contributed by atoms with Gasteiger partial charge < -0.3 is 4.90 Å². The van der Waals surface area contributed by atoms with Gasteiger partial charge in [0.05, 0.1) is 23.0 Å². The normalized spacial score (nSPS) is 16.3. The Hall–Kier alpha value is -3.16. The van der Waals surface area contributed by atoms with Crippen molar-refractivity contribution in [3.05, 3.63) is 71.2 Å². The van der Waals surface area contributed by atoms with Gasteiger partial charge in [0.25, 0.3) is 5.91 Å². The summed E-state index contributed by atoms with van der Waals surface area (Å²) in [6, 6.07) is 9.94. The lowest BCUT2D eigenvalue weighted by molar-refractivity contribution is -0.137. The number of aromatic nitrogens is 3. The molecular formula is C20H17F3N4O. The van der Waals surface area contributed by atoms with Gasteiger partial charge in [0.15, 0.2) is 5.82 Å². The maximum Gasteiger partial charge on any atom is 0.417 e. The Morgan fingerprint density at radius 3 is 2.57 bits per heavy atom. The molecule has 0 saturated carbocycles. The van der Waals surface area contributed by atoms with Gasteiger partial charge in [-0.2, -0.15) is 18.3 Å². The summed E-state index contributed by atoms with van der Waals surface area (Å²) >= 11 is 0. The molecule has 1 aromatic carbocycles. The molecule has 3 aromatic rings. The second-order valence-electron chi connectivity index (χ2n) is 6.82. The van der Waals surface area contributed by atoms with Crippen molar-refractivity contribution in [1.29, 1.82) is 0 Å². The SMILES string of the molecule is Cc1c(C(=O)N2c3ccccc3C[C@@H]2C)cnn1-c1ccc(C(F)(F)F)cn1. The number of anilines is 1. The molecule has 0 saturated heterocycles. The summed E-state index contributed by atoms with van der Waals surface area (Å²) in [6.45, 7) is 3.68. The maximum atomic E-state index is 13.2. The number of para-hydroxylation sites is 1. The first-order chi connectivity index (χ1) is 13.3. The molecule has 1 aliphatic rings. The van der Waals surface area contributed by atoms with Crippen LogP contribution in [-0.4, -0.2) is 26.7 Å². The Bertz CT molecular complexity index is 1040. The van der Waals surface area contributed by atoms with Crippen molar-refractivity contribution in [1.82, 2.24) is 14.8 Å². The molecule has 144 valence electrons. The number of rotatable bonds is 2. The van der Waals surface area contributed by atoms with E-state index in [0.717, 1.165) is 29.9 Å². The molecule has 0 unspecified atom stereocenters. The van der Waals surface area contributed by atoms with Crippen molar-refractivity contribution in [3.8, 4) is 5.82 Å². The largest absolute Gasteiger partial charge is 0.417 e. The van der Waals surface area contributed by atoms with Gasteiger partial charge in [-0.15, -0.1) is 0 Å². The number of fused-ring (bicyclic) bond motifs is 1. The van der Waals surface area contributed by atoms with Gasteiger partial charge in [-0.25, -0.2) is 9.67 Å². The molecule has 0 aliphatic carbocycles. The zero-order valence-corrected chi connectivity index (χ0v) is 15.2. The van der Waals surface area contributed by atoms with Crippen LogP contribution in [0.1, 0.15) is 34.1 Å². The van der Waals surface area contributed by atoms with Crippen LogP contribution >= 0.6 is 0 Å². The highest BCUT2D eigenvalue weighted by molar-refractivity contribution is 6.08. The molecule has 28 heavy (non-hydrogen) atoms. The van der Waals surface area contributed by atoms with E-state index in [0.29, 0.717) is 11.3 Å².